The molecular formula is C53H42N2S. The van der Waals surface area contributed by atoms with Crippen LogP contribution in [0.1, 0.15) is 49.7 Å². The maximum Gasteiger partial charge on any atom is 0.0562 e. The first-order valence-corrected chi connectivity index (χ1v) is 21.6. The quantitative estimate of drug-likeness (QED) is 0.175. The minimum Gasteiger partial charge on any atom is -0.309 e. The van der Waals surface area contributed by atoms with Gasteiger partial charge in [-0.25, -0.2) is 0 Å². The number of para-hydroxylation sites is 2. The maximum absolute atomic E-state index is 2.68. The predicted octanol–water partition coefficient (Wildman–Crippen LogP) is 14.7. The molecule has 7 aromatic carbocycles. The van der Waals surface area contributed by atoms with E-state index in [0.717, 1.165) is 17.8 Å². The SMILES string of the molecule is c1ccc(-n2c3ccccc3c3c(N(c4ccc5c(c4)C4(c6ccccc6-5)C5CCC6CCC(C5)CC64)c4cccc5sc6ccccc6c45)cccc32)cc1. The smallest absolute Gasteiger partial charge is 0.0562 e. The van der Waals surface area contributed by atoms with E-state index in [-0.39, 0.29) is 5.41 Å². The highest BCUT2D eigenvalue weighted by Crippen LogP contribution is 2.69. The van der Waals surface area contributed by atoms with Gasteiger partial charge in [-0.3, -0.25) is 0 Å². The zero-order chi connectivity index (χ0) is 36.5. The van der Waals surface area contributed by atoms with Crippen LogP contribution in [0.3, 0.4) is 0 Å². The van der Waals surface area contributed by atoms with E-state index < -0.39 is 0 Å². The van der Waals surface area contributed by atoms with Gasteiger partial charge in [0.2, 0.25) is 0 Å². The van der Waals surface area contributed by atoms with Gasteiger partial charge < -0.3 is 9.47 Å². The third kappa shape index (κ3) is 4.11. The molecule has 0 amide bonds. The fourth-order valence-electron chi connectivity index (χ4n) is 12.8. The van der Waals surface area contributed by atoms with Crippen molar-refractivity contribution in [1.29, 1.82) is 0 Å². The van der Waals surface area contributed by atoms with Gasteiger partial charge in [0.25, 0.3) is 0 Å². The van der Waals surface area contributed by atoms with Gasteiger partial charge in [0.05, 0.1) is 22.4 Å². The van der Waals surface area contributed by atoms with Crippen LogP contribution < -0.4 is 4.90 Å². The Kier molecular flexibility index (Phi) is 6.59. The minimum atomic E-state index is 0.0872. The van der Waals surface area contributed by atoms with Crippen LogP contribution in [0, 0.1) is 23.7 Å². The lowest BCUT2D eigenvalue weighted by atomic mass is 9.43. The molecule has 4 aliphatic carbocycles. The third-order valence-electron chi connectivity index (χ3n) is 14.8. The first-order chi connectivity index (χ1) is 27.8. The molecule has 3 heteroatoms. The molecule has 2 aromatic heterocycles. The van der Waals surface area contributed by atoms with Gasteiger partial charge in [-0.15, -0.1) is 11.3 Å². The zero-order valence-electron chi connectivity index (χ0n) is 31.4. The summed E-state index contributed by atoms with van der Waals surface area (Å²) in [5, 5.41) is 5.23. The summed E-state index contributed by atoms with van der Waals surface area (Å²) < 4.78 is 5.12. The molecule has 0 aliphatic heterocycles. The summed E-state index contributed by atoms with van der Waals surface area (Å²) in [5.74, 6) is 3.14. The molecule has 0 N–H and O–H groups in total. The number of rotatable bonds is 4. The highest BCUT2D eigenvalue weighted by molar-refractivity contribution is 7.26. The molecule has 2 nitrogen and oxygen atoms in total. The van der Waals surface area contributed by atoms with Gasteiger partial charge in [0, 0.05) is 47.7 Å². The number of aromatic nitrogens is 1. The Balaban J connectivity index is 1.13. The van der Waals surface area contributed by atoms with Crippen molar-refractivity contribution in [3.8, 4) is 16.8 Å². The van der Waals surface area contributed by atoms with E-state index in [4.69, 9.17) is 0 Å². The highest BCUT2D eigenvalue weighted by Gasteiger charge is 2.61. The minimum absolute atomic E-state index is 0.0872. The number of hydrogen-bond acceptors (Lipinski definition) is 2. The van der Waals surface area contributed by atoms with Crippen molar-refractivity contribution in [3.63, 3.8) is 0 Å². The van der Waals surface area contributed by atoms with E-state index in [2.05, 4.69) is 167 Å². The first-order valence-electron chi connectivity index (χ1n) is 20.8. The molecule has 1 spiro atoms. The molecule has 2 heterocycles. The number of anilines is 3. The Morgan fingerprint density at radius 2 is 1.25 bits per heavy atom. The molecule has 3 saturated carbocycles. The lowest BCUT2D eigenvalue weighted by Crippen LogP contribution is -2.55. The number of hydrogen-bond donors (Lipinski definition) is 0. The second-order valence-electron chi connectivity index (χ2n) is 17.1. The lowest BCUT2D eigenvalue weighted by Gasteiger charge is -2.60. The fraction of sp³-hybridized carbons (Fsp3) is 0.208. The lowest BCUT2D eigenvalue weighted by molar-refractivity contribution is -0.0320. The highest BCUT2D eigenvalue weighted by atomic mass is 32.1. The van der Waals surface area contributed by atoms with E-state index in [1.54, 1.807) is 11.1 Å². The van der Waals surface area contributed by atoms with Crippen molar-refractivity contribution in [2.24, 2.45) is 23.7 Å². The van der Waals surface area contributed by atoms with Crippen LogP contribution in [0.4, 0.5) is 17.1 Å². The Morgan fingerprint density at radius 1 is 0.536 bits per heavy atom. The molecule has 56 heavy (non-hydrogen) atoms. The average Bonchev–Trinajstić information content (AvgIpc) is 3.88. The first kappa shape index (κ1) is 31.6. The van der Waals surface area contributed by atoms with E-state index in [1.165, 1.54) is 114 Å². The average molecular weight is 739 g/mol. The molecule has 270 valence electrons. The number of nitrogens with zero attached hydrogens (tertiary/aromatic N) is 2. The molecule has 9 aromatic rings. The number of fused-ring (bicyclic) bond motifs is 10. The van der Waals surface area contributed by atoms with Gasteiger partial charge in [0.1, 0.15) is 0 Å². The standard InChI is InChI=1S/C53H42N2S/c1-2-12-36(13-3-1)54-45-18-8-5-15-40(45)51-46(54)19-10-20-47(51)55(48-21-11-23-50-52(48)41-16-6-9-22-49(41)56-50)37-28-29-39-38-14-4-7-17-42(38)53(44(39)32-37)35-27-26-34-25-24-33(30-35)31-43(34)53/h1-23,28-29,32-35,43H,24-27,30-31H2. The maximum atomic E-state index is 2.68. The summed E-state index contributed by atoms with van der Waals surface area (Å²) in [7, 11) is 0. The second-order valence-corrected chi connectivity index (χ2v) is 18.2. The molecule has 5 atom stereocenters. The van der Waals surface area contributed by atoms with Crippen molar-refractivity contribution in [1.82, 2.24) is 4.57 Å². The summed E-state index contributed by atoms with van der Waals surface area (Å²) >= 11 is 1.91. The predicted molar refractivity (Wildman–Crippen MR) is 236 cm³/mol. The van der Waals surface area contributed by atoms with Gasteiger partial charge >= 0.3 is 0 Å². The Bertz CT molecular complexity index is 3040. The van der Waals surface area contributed by atoms with Gasteiger partial charge in [0.15, 0.2) is 0 Å². The van der Waals surface area contributed by atoms with Crippen molar-refractivity contribution in [2.75, 3.05) is 4.90 Å². The van der Waals surface area contributed by atoms with Gasteiger partial charge in [-0.05, 0) is 139 Å². The van der Waals surface area contributed by atoms with Crippen LogP contribution in [0.2, 0.25) is 0 Å². The Hall–Kier alpha value is -5.64. The Morgan fingerprint density at radius 3 is 2.18 bits per heavy atom. The molecule has 5 unspecified atom stereocenters. The summed E-state index contributed by atoms with van der Waals surface area (Å²) in [6, 6.07) is 60.0. The zero-order valence-corrected chi connectivity index (χ0v) is 32.2. The summed E-state index contributed by atoms with van der Waals surface area (Å²) in [4.78, 5) is 2.65. The Labute approximate surface area is 331 Å². The third-order valence-corrected chi connectivity index (χ3v) is 15.9. The molecule has 13 rings (SSSR count). The number of benzene rings is 7. The van der Waals surface area contributed by atoms with Crippen LogP contribution in [0.5, 0.6) is 0 Å². The summed E-state index contributed by atoms with van der Waals surface area (Å²) in [5.41, 5.74) is 13.6. The van der Waals surface area contributed by atoms with E-state index >= 15 is 0 Å². The van der Waals surface area contributed by atoms with Crippen LogP contribution in [-0.4, -0.2) is 4.57 Å². The van der Waals surface area contributed by atoms with Crippen molar-refractivity contribution in [2.45, 2.75) is 43.9 Å². The second kappa shape index (κ2) is 11.7. The number of thiophene rings is 1. The summed E-state index contributed by atoms with van der Waals surface area (Å²) in [6.45, 7) is 0. The van der Waals surface area contributed by atoms with Crippen LogP contribution >= 0.6 is 11.3 Å². The van der Waals surface area contributed by atoms with Gasteiger partial charge in [-0.1, -0.05) is 103 Å². The van der Waals surface area contributed by atoms with E-state index in [0.29, 0.717) is 5.92 Å². The molecule has 4 aliphatic rings. The monoisotopic (exact) mass is 738 g/mol. The fourth-order valence-corrected chi connectivity index (χ4v) is 13.9. The largest absolute Gasteiger partial charge is 0.309 e. The van der Waals surface area contributed by atoms with Crippen molar-refractivity contribution in [3.05, 3.63) is 169 Å². The van der Waals surface area contributed by atoms with Crippen LogP contribution in [0.25, 0.3) is 58.8 Å². The molecule has 0 radical (unpaired) electrons. The summed E-state index contributed by atoms with van der Waals surface area (Å²) in [6.07, 6.45) is 8.39. The van der Waals surface area contributed by atoms with Crippen molar-refractivity contribution < 1.29 is 0 Å². The van der Waals surface area contributed by atoms with E-state index in [9.17, 15) is 0 Å². The van der Waals surface area contributed by atoms with Gasteiger partial charge in [-0.2, -0.15) is 0 Å². The van der Waals surface area contributed by atoms with Crippen LogP contribution in [-0.2, 0) is 5.41 Å². The topological polar surface area (TPSA) is 8.17 Å². The molecule has 0 saturated heterocycles. The van der Waals surface area contributed by atoms with E-state index in [1.807, 2.05) is 11.3 Å². The molecule has 3 fully saturated rings. The normalized spacial score (nSPS) is 23.4. The molecule has 3 bridgehead atoms. The van der Waals surface area contributed by atoms with Crippen LogP contribution in [0.15, 0.2) is 158 Å². The van der Waals surface area contributed by atoms with Crippen molar-refractivity contribution >= 4 is 70.4 Å². The molecular weight excluding hydrogens is 697 g/mol.